The van der Waals surface area contributed by atoms with E-state index in [4.69, 9.17) is 13.9 Å². The first kappa shape index (κ1) is 14.4. The van der Waals surface area contributed by atoms with Crippen molar-refractivity contribution in [3.8, 4) is 5.75 Å². The molecule has 0 aliphatic carbocycles. The Labute approximate surface area is 118 Å². The average Bonchev–Trinajstić information content (AvgIpc) is 2.75. The molecule has 0 saturated heterocycles. The fraction of sp³-hybridized carbons (Fsp3) is 0.438. The number of hydrogen-bond acceptors (Lipinski definition) is 4. The van der Waals surface area contributed by atoms with E-state index in [-0.39, 0.29) is 5.76 Å². The summed E-state index contributed by atoms with van der Waals surface area (Å²) in [6, 6.07) is 5.57. The third kappa shape index (κ3) is 2.79. The minimum atomic E-state index is -0.434. The molecule has 0 amide bonds. The van der Waals surface area contributed by atoms with Gasteiger partial charge >= 0.3 is 5.97 Å². The van der Waals surface area contributed by atoms with Crippen molar-refractivity contribution in [2.75, 3.05) is 13.2 Å². The number of ether oxygens (including phenoxy) is 2. The van der Waals surface area contributed by atoms with Gasteiger partial charge in [-0.15, -0.1) is 0 Å². The molecule has 0 fully saturated rings. The zero-order valence-corrected chi connectivity index (χ0v) is 12.4. The van der Waals surface area contributed by atoms with Crippen LogP contribution in [0, 0.1) is 12.8 Å². The minimum Gasteiger partial charge on any atom is -0.493 e. The van der Waals surface area contributed by atoms with E-state index in [1.54, 1.807) is 6.92 Å². The SMILES string of the molecule is CCOC(=O)c1oc2cccc(OCC(C)C)c2c1C. The van der Waals surface area contributed by atoms with Crippen LogP contribution in [0.2, 0.25) is 0 Å². The third-order valence-electron chi connectivity index (χ3n) is 2.95. The van der Waals surface area contributed by atoms with Crippen LogP contribution >= 0.6 is 0 Å². The monoisotopic (exact) mass is 276 g/mol. The molecule has 0 saturated carbocycles. The van der Waals surface area contributed by atoms with Gasteiger partial charge in [-0.25, -0.2) is 4.79 Å². The number of carbonyl (C=O) groups excluding carboxylic acids is 1. The summed E-state index contributed by atoms with van der Waals surface area (Å²) in [7, 11) is 0. The van der Waals surface area contributed by atoms with E-state index in [0.717, 1.165) is 16.7 Å². The second-order valence-corrected chi connectivity index (χ2v) is 5.11. The zero-order valence-electron chi connectivity index (χ0n) is 12.4. The van der Waals surface area contributed by atoms with Crippen LogP contribution in [0.5, 0.6) is 5.75 Å². The highest BCUT2D eigenvalue weighted by Crippen LogP contribution is 2.33. The number of aryl methyl sites for hydroxylation is 1. The van der Waals surface area contributed by atoms with Gasteiger partial charge in [-0.1, -0.05) is 19.9 Å². The van der Waals surface area contributed by atoms with Crippen LogP contribution in [-0.4, -0.2) is 19.2 Å². The number of fused-ring (bicyclic) bond motifs is 1. The molecule has 2 aromatic rings. The van der Waals surface area contributed by atoms with Crippen molar-refractivity contribution in [3.05, 3.63) is 29.5 Å². The summed E-state index contributed by atoms with van der Waals surface area (Å²) in [6.07, 6.45) is 0. The smallest absolute Gasteiger partial charge is 0.374 e. The predicted molar refractivity (Wildman–Crippen MR) is 77.2 cm³/mol. The Morgan fingerprint density at radius 2 is 2.10 bits per heavy atom. The Morgan fingerprint density at radius 3 is 2.75 bits per heavy atom. The molecule has 0 radical (unpaired) electrons. The molecule has 0 aliphatic rings. The van der Waals surface area contributed by atoms with E-state index in [9.17, 15) is 4.79 Å². The van der Waals surface area contributed by atoms with E-state index in [0.29, 0.717) is 24.7 Å². The van der Waals surface area contributed by atoms with Gasteiger partial charge in [0.25, 0.3) is 0 Å². The van der Waals surface area contributed by atoms with Crippen molar-refractivity contribution in [2.45, 2.75) is 27.7 Å². The lowest BCUT2D eigenvalue weighted by molar-refractivity contribution is 0.0491. The molecule has 108 valence electrons. The summed E-state index contributed by atoms with van der Waals surface area (Å²) < 4.78 is 16.4. The number of rotatable bonds is 5. The Balaban J connectivity index is 2.43. The second-order valence-electron chi connectivity index (χ2n) is 5.11. The lowest BCUT2D eigenvalue weighted by atomic mass is 10.1. The second kappa shape index (κ2) is 5.99. The molecule has 0 spiro atoms. The van der Waals surface area contributed by atoms with Crippen LogP contribution in [0.1, 0.15) is 36.9 Å². The predicted octanol–water partition coefficient (Wildman–Crippen LogP) is 3.95. The molecule has 1 heterocycles. The van der Waals surface area contributed by atoms with Gasteiger partial charge in [0.05, 0.1) is 18.6 Å². The van der Waals surface area contributed by atoms with Crippen molar-refractivity contribution in [1.82, 2.24) is 0 Å². The molecule has 0 atom stereocenters. The summed E-state index contributed by atoms with van der Waals surface area (Å²) >= 11 is 0. The van der Waals surface area contributed by atoms with Gasteiger partial charge in [-0.05, 0) is 31.9 Å². The Hall–Kier alpha value is -1.97. The van der Waals surface area contributed by atoms with Gasteiger partial charge in [0.15, 0.2) is 0 Å². The molecule has 0 bridgehead atoms. The van der Waals surface area contributed by atoms with Crippen molar-refractivity contribution >= 4 is 16.9 Å². The van der Waals surface area contributed by atoms with Crippen LogP contribution in [0.25, 0.3) is 11.0 Å². The molecule has 4 nitrogen and oxygen atoms in total. The first-order valence-electron chi connectivity index (χ1n) is 6.86. The first-order valence-corrected chi connectivity index (χ1v) is 6.86. The van der Waals surface area contributed by atoms with E-state index < -0.39 is 5.97 Å². The van der Waals surface area contributed by atoms with Gasteiger partial charge in [0, 0.05) is 5.56 Å². The topological polar surface area (TPSA) is 48.7 Å². The molecule has 20 heavy (non-hydrogen) atoms. The highest BCUT2D eigenvalue weighted by molar-refractivity contribution is 5.98. The van der Waals surface area contributed by atoms with Gasteiger partial charge in [-0.3, -0.25) is 0 Å². The largest absolute Gasteiger partial charge is 0.493 e. The van der Waals surface area contributed by atoms with Crippen LogP contribution in [0.4, 0.5) is 0 Å². The van der Waals surface area contributed by atoms with Crippen molar-refractivity contribution in [3.63, 3.8) is 0 Å². The Bertz CT molecular complexity index is 610. The maximum absolute atomic E-state index is 11.9. The summed E-state index contributed by atoms with van der Waals surface area (Å²) in [5.74, 6) is 0.994. The van der Waals surface area contributed by atoms with Gasteiger partial charge in [-0.2, -0.15) is 0 Å². The molecular formula is C16H20O4. The Morgan fingerprint density at radius 1 is 1.35 bits per heavy atom. The van der Waals surface area contributed by atoms with Gasteiger partial charge in [0.2, 0.25) is 5.76 Å². The van der Waals surface area contributed by atoms with Crippen molar-refractivity contribution < 1.29 is 18.7 Å². The molecule has 1 aromatic carbocycles. The molecule has 0 aliphatic heterocycles. The maximum atomic E-state index is 11.9. The van der Waals surface area contributed by atoms with Crippen molar-refractivity contribution in [2.24, 2.45) is 5.92 Å². The van der Waals surface area contributed by atoms with E-state index in [2.05, 4.69) is 13.8 Å². The fourth-order valence-corrected chi connectivity index (χ4v) is 2.03. The molecule has 1 aromatic heterocycles. The fourth-order valence-electron chi connectivity index (χ4n) is 2.03. The maximum Gasteiger partial charge on any atom is 0.374 e. The molecular weight excluding hydrogens is 256 g/mol. The summed E-state index contributed by atoms with van der Waals surface area (Å²) in [6.45, 7) is 8.75. The standard InChI is InChI=1S/C16H20O4/c1-5-18-16(17)15-11(4)14-12(19-9-10(2)3)7-6-8-13(14)20-15/h6-8,10H,5,9H2,1-4H3. The van der Waals surface area contributed by atoms with E-state index in [1.807, 2.05) is 25.1 Å². The third-order valence-corrected chi connectivity index (χ3v) is 2.95. The van der Waals surface area contributed by atoms with Crippen LogP contribution < -0.4 is 4.74 Å². The van der Waals surface area contributed by atoms with Crippen LogP contribution in [0.15, 0.2) is 22.6 Å². The van der Waals surface area contributed by atoms with E-state index in [1.165, 1.54) is 0 Å². The van der Waals surface area contributed by atoms with Gasteiger partial charge < -0.3 is 13.9 Å². The lowest BCUT2D eigenvalue weighted by Gasteiger charge is -2.09. The van der Waals surface area contributed by atoms with Crippen LogP contribution in [0.3, 0.4) is 0 Å². The molecule has 2 rings (SSSR count). The zero-order chi connectivity index (χ0) is 14.7. The molecule has 4 heteroatoms. The molecule has 0 unspecified atom stereocenters. The molecule has 0 N–H and O–H groups in total. The first-order chi connectivity index (χ1) is 9.54. The lowest BCUT2D eigenvalue weighted by Crippen LogP contribution is -2.05. The average molecular weight is 276 g/mol. The normalized spacial score (nSPS) is 11.1. The summed E-state index contributed by atoms with van der Waals surface area (Å²) in [4.78, 5) is 11.9. The van der Waals surface area contributed by atoms with Crippen LogP contribution in [-0.2, 0) is 4.74 Å². The minimum absolute atomic E-state index is 0.252. The highest BCUT2D eigenvalue weighted by atomic mass is 16.5. The van der Waals surface area contributed by atoms with E-state index >= 15 is 0 Å². The van der Waals surface area contributed by atoms with Gasteiger partial charge in [0.1, 0.15) is 11.3 Å². The van der Waals surface area contributed by atoms with Crippen molar-refractivity contribution in [1.29, 1.82) is 0 Å². The summed E-state index contributed by atoms with van der Waals surface area (Å²) in [5, 5.41) is 0.844. The number of hydrogen-bond donors (Lipinski definition) is 0. The Kier molecular flexibility index (Phi) is 4.32. The number of benzene rings is 1. The number of carbonyl (C=O) groups is 1. The summed E-state index contributed by atoms with van der Waals surface area (Å²) in [5.41, 5.74) is 1.41. The number of furan rings is 1. The quantitative estimate of drug-likeness (QED) is 0.776. The number of esters is 1. The highest BCUT2D eigenvalue weighted by Gasteiger charge is 2.21.